The summed E-state index contributed by atoms with van der Waals surface area (Å²) in [5.74, 6) is 0.292. The van der Waals surface area contributed by atoms with Crippen molar-refractivity contribution in [3.63, 3.8) is 0 Å². The fraction of sp³-hybridized carbons (Fsp3) is 0.421. The Bertz CT molecular complexity index is 642. The van der Waals surface area contributed by atoms with Crippen LogP contribution < -0.4 is 5.32 Å². The highest BCUT2D eigenvalue weighted by Gasteiger charge is 2.31. The van der Waals surface area contributed by atoms with Gasteiger partial charge >= 0.3 is 0 Å². The Labute approximate surface area is 142 Å². The van der Waals surface area contributed by atoms with Gasteiger partial charge in [0, 0.05) is 6.84 Å². The number of carbonyl (C=O) groups is 1. The minimum absolute atomic E-state index is 0. The number of benzene rings is 2. The van der Waals surface area contributed by atoms with Gasteiger partial charge in [-0.1, -0.05) is 63.2 Å². The average molecular weight is 320 g/mol. The summed E-state index contributed by atoms with van der Waals surface area (Å²) in [5.41, 5.74) is 0.929. The molecule has 0 saturated carbocycles. The smallest absolute Gasteiger partial charge is 0.155 e. The molecule has 2 aromatic carbocycles. The molecular formula is C19H29NOS. The number of Topliss-reactive ketones (excluding diaryl/α,β-unsaturated/α-hetero) is 1. The molecule has 0 heterocycles. The zero-order valence-electron chi connectivity index (χ0n) is 13.9. The van der Waals surface area contributed by atoms with Gasteiger partial charge in [-0.05, 0) is 36.2 Å². The molecule has 0 aliphatic carbocycles. The third-order valence-electron chi connectivity index (χ3n) is 4.47. The predicted molar refractivity (Wildman–Crippen MR) is 102 cm³/mol. The number of rotatable bonds is 6. The van der Waals surface area contributed by atoms with E-state index in [1.807, 2.05) is 33.0 Å². The van der Waals surface area contributed by atoms with Gasteiger partial charge in [-0.2, -0.15) is 13.5 Å². The van der Waals surface area contributed by atoms with E-state index in [1.54, 1.807) is 0 Å². The lowest BCUT2D eigenvalue weighted by Crippen LogP contribution is -2.43. The molecule has 0 aromatic heterocycles. The van der Waals surface area contributed by atoms with Gasteiger partial charge in [-0.3, -0.25) is 4.79 Å². The molecule has 0 aliphatic rings. The average Bonchev–Trinajstić information content (AvgIpc) is 2.51. The Balaban J connectivity index is 0.00000242. The first-order valence-corrected chi connectivity index (χ1v) is 7.67. The summed E-state index contributed by atoms with van der Waals surface area (Å²) in [4.78, 5) is 12.6. The molecule has 22 heavy (non-hydrogen) atoms. The van der Waals surface area contributed by atoms with Crippen molar-refractivity contribution >= 4 is 30.1 Å². The molecule has 1 N–H and O–H groups in total. The van der Waals surface area contributed by atoms with Gasteiger partial charge in [0.25, 0.3) is 0 Å². The summed E-state index contributed by atoms with van der Waals surface area (Å²) in [6, 6.07) is 14.6. The van der Waals surface area contributed by atoms with Crippen molar-refractivity contribution in [3.05, 3.63) is 48.0 Å². The van der Waals surface area contributed by atoms with Crippen LogP contribution in [0.4, 0.5) is 0 Å². The number of fused-ring (bicyclic) bond motifs is 1. The number of ketones is 1. The van der Waals surface area contributed by atoms with Crippen molar-refractivity contribution in [1.82, 2.24) is 5.32 Å². The van der Waals surface area contributed by atoms with Gasteiger partial charge < -0.3 is 5.32 Å². The van der Waals surface area contributed by atoms with Gasteiger partial charge in [0.2, 0.25) is 0 Å². The van der Waals surface area contributed by atoms with Crippen LogP contribution in [-0.4, -0.2) is 18.9 Å². The van der Waals surface area contributed by atoms with Crippen molar-refractivity contribution in [1.29, 1.82) is 0 Å². The molecule has 122 valence electrons. The van der Waals surface area contributed by atoms with E-state index in [0.29, 0.717) is 5.78 Å². The second-order valence-electron chi connectivity index (χ2n) is 6.33. The van der Waals surface area contributed by atoms with Crippen LogP contribution in [0.25, 0.3) is 10.8 Å². The van der Waals surface area contributed by atoms with E-state index >= 15 is 0 Å². The first-order valence-electron chi connectivity index (χ1n) is 7.67. The molecule has 0 amide bonds. The number of hydrogen-bond donors (Lipinski definition) is 1. The fourth-order valence-corrected chi connectivity index (χ4v) is 2.57. The molecule has 2 rings (SSSR count). The van der Waals surface area contributed by atoms with E-state index in [9.17, 15) is 4.79 Å². The molecule has 0 saturated heterocycles. The third-order valence-corrected chi connectivity index (χ3v) is 4.47. The molecule has 0 aliphatic heterocycles. The highest BCUT2D eigenvalue weighted by atomic mass is 32.1. The number of carbonyl (C=O) groups excluding carboxylic acids is 1. The van der Waals surface area contributed by atoms with Gasteiger partial charge in [-0.25, -0.2) is 0 Å². The molecule has 2 aromatic rings. The number of likely N-dealkylation sites (N-methyl/N-ethyl adjacent to an activating group) is 1. The highest BCUT2D eigenvalue weighted by molar-refractivity contribution is 7.59. The van der Waals surface area contributed by atoms with E-state index in [2.05, 4.69) is 42.6 Å². The first-order chi connectivity index (χ1) is 9.97. The second-order valence-corrected chi connectivity index (χ2v) is 6.33. The second kappa shape index (κ2) is 7.80. The van der Waals surface area contributed by atoms with Crippen LogP contribution in [0.1, 0.15) is 34.2 Å². The maximum Gasteiger partial charge on any atom is 0.155 e. The standard InChI is InChI=1S/C19H25NO.H2S.H2/c1-5-19(2,3)18(21)17(20-4)13-14-10-11-15-8-6-7-9-16(15)12-14;;/h6-12,17,20H,5,13H2,1-4H3;1H2;1H. The SMILES string of the molecule is CCC(C)(C)C(=O)C(Cc1ccc2ccccc2c1)NC.S.[HH]. The van der Waals surface area contributed by atoms with E-state index in [0.717, 1.165) is 12.8 Å². The van der Waals surface area contributed by atoms with Crippen LogP contribution in [0, 0.1) is 5.41 Å². The molecule has 0 spiro atoms. The van der Waals surface area contributed by atoms with Crippen LogP contribution >= 0.6 is 13.5 Å². The van der Waals surface area contributed by atoms with Crippen molar-refractivity contribution in [2.75, 3.05) is 7.05 Å². The van der Waals surface area contributed by atoms with Crippen molar-refractivity contribution in [2.45, 2.75) is 39.7 Å². The zero-order chi connectivity index (χ0) is 15.5. The summed E-state index contributed by atoms with van der Waals surface area (Å²) in [5, 5.41) is 5.66. The summed E-state index contributed by atoms with van der Waals surface area (Å²) >= 11 is 0. The Morgan fingerprint density at radius 3 is 2.41 bits per heavy atom. The van der Waals surface area contributed by atoms with Gasteiger partial charge in [0.1, 0.15) is 0 Å². The lowest BCUT2D eigenvalue weighted by molar-refractivity contribution is -0.129. The quantitative estimate of drug-likeness (QED) is 0.858. The third kappa shape index (κ3) is 4.11. The Kier molecular flexibility index (Phi) is 6.64. The molecule has 0 bridgehead atoms. The van der Waals surface area contributed by atoms with Crippen LogP contribution in [-0.2, 0) is 11.2 Å². The van der Waals surface area contributed by atoms with Crippen LogP contribution in [0.2, 0.25) is 0 Å². The van der Waals surface area contributed by atoms with Crippen LogP contribution in [0.5, 0.6) is 0 Å². The molecular weight excluding hydrogens is 290 g/mol. The Hall–Kier alpha value is -1.32. The monoisotopic (exact) mass is 319 g/mol. The summed E-state index contributed by atoms with van der Waals surface area (Å²) in [6.07, 6.45) is 1.60. The molecule has 1 atom stereocenters. The maximum absolute atomic E-state index is 12.6. The minimum atomic E-state index is -0.273. The molecule has 0 fully saturated rings. The van der Waals surface area contributed by atoms with E-state index in [4.69, 9.17) is 0 Å². The number of nitrogens with one attached hydrogen (secondary N) is 1. The van der Waals surface area contributed by atoms with Crippen LogP contribution in [0.15, 0.2) is 42.5 Å². The van der Waals surface area contributed by atoms with Crippen LogP contribution in [0.3, 0.4) is 0 Å². The molecule has 3 heteroatoms. The van der Waals surface area contributed by atoms with E-state index in [1.165, 1.54) is 16.3 Å². The Morgan fingerprint density at radius 1 is 1.18 bits per heavy atom. The lowest BCUT2D eigenvalue weighted by Gasteiger charge is -2.27. The predicted octanol–water partition coefficient (Wildman–Crippen LogP) is 4.33. The lowest BCUT2D eigenvalue weighted by atomic mass is 9.80. The zero-order valence-corrected chi connectivity index (χ0v) is 14.9. The summed E-state index contributed by atoms with van der Waals surface area (Å²) < 4.78 is 0. The normalized spacial score (nSPS) is 12.7. The topological polar surface area (TPSA) is 29.1 Å². The molecule has 1 unspecified atom stereocenters. The number of hydrogen-bond acceptors (Lipinski definition) is 2. The fourth-order valence-electron chi connectivity index (χ4n) is 2.57. The van der Waals surface area contributed by atoms with E-state index < -0.39 is 0 Å². The van der Waals surface area contributed by atoms with E-state index in [-0.39, 0.29) is 26.4 Å². The maximum atomic E-state index is 12.6. The van der Waals surface area contributed by atoms with Crippen molar-refractivity contribution in [2.24, 2.45) is 5.41 Å². The van der Waals surface area contributed by atoms with Crippen molar-refractivity contribution in [3.8, 4) is 0 Å². The molecule has 2 nitrogen and oxygen atoms in total. The summed E-state index contributed by atoms with van der Waals surface area (Å²) in [7, 11) is 1.87. The van der Waals surface area contributed by atoms with Gasteiger partial charge in [0.05, 0.1) is 6.04 Å². The largest absolute Gasteiger partial charge is 0.310 e. The minimum Gasteiger partial charge on any atom is -0.310 e. The Morgan fingerprint density at radius 2 is 1.82 bits per heavy atom. The molecule has 0 radical (unpaired) electrons. The highest BCUT2D eigenvalue weighted by Crippen LogP contribution is 2.24. The van der Waals surface area contributed by atoms with Gasteiger partial charge in [0.15, 0.2) is 5.78 Å². The first kappa shape index (κ1) is 18.7. The van der Waals surface area contributed by atoms with Gasteiger partial charge in [-0.15, -0.1) is 0 Å². The van der Waals surface area contributed by atoms with Crippen molar-refractivity contribution < 1.29 is 6.22 Å². The summed E-state index contributed by atoms with van der Waals surface area (Å²) in [6.45, 7) is 6.13.